The average molecular weight is 693 g/mol. The number of ketones is 2. The molecule has 7 nitrogen and oxygen atoms in total. The number of halogens is 2. The number of hydrogen-bond acceptors (Lipinski definition) is 7. The highest BCUT2D eigenvalue weighted by molar-refractivity contribution is 6.30. The van der Waals surface area contributed by atoms with Crippen molar-refractivity contribution in [3.8, 4) is 11.5 Å². The predicted octanol–water partition coefficient (Wildman–Crippen LogP) is 7.66. The SMILES string of the molecule is COc1cc2c(cc1OC)C1CC(=O)C(CC(C)C)CN1CC2.O=C(CCCN1CCC(O)(c2ccc(Cl)cc2)CC1)c1ccc(F)cc1. The van der Waals surface area contributed by atoms with Gasteiger partial charge in [0.1, 0.15) is 11.6 Å². The molecule has 3 aromatic rings. The summed E-state index contributed by atoms with van der Waals surface area (Å²) in [6, 6.07) is 17.4. The maximum atomic E-state index is 12.9. The topological polar surface area (TPSA) is 79.3 Å². The van der Waals surface area contributed by atoms with Crippen molar-refractivity contribution in [2.24, 2.45) is 11.8 Å². The minimum Gasteiger partial charge on any atom is -0.493 e. The second-order valence-electron chi connectivity index (χ2n) is 14.1. The van der Waals surface area contributed by atoms with Gasteiger partial charge in [0.05, 0.1) is 19.8 Å². The number of likely N-dealkylation sites (tertiary alicyclic amines) is 1. The molecule has 0 aromatic heterocycles. The van der Waals surface area contributed by atoms with Crippen molar-refractivity contribution < 1.29 is 28.6 Å². The Morgan fingerprint density at radius 2 is 1.65 bits per heavy atom. The van der Waals surface area contributed by atoms with Crippen LogP contribution >= 0.6 is 11.6 Å². The molecular formula is C40H50ClFN2O5. The second-order valence-corrected chi connectivity index (χ2v) is 14.5. The highest BCUT2D eigenvalue weighted by Crippen LogP contribution is 2.42. The van der Waals surface area contributed by atoms with E-state index in [9.17, 15) is 19.1 Å². The van der Waals surface area contributed by atoms with Crippen LogP contribution in [0.25, 0.3) is 0 Å². The van der Waals surface area contributed by atoms with Gasteiger partial charge in [0.25, 0.3) is 0 Å². The zero-order chi connectivity index (χ0) is 35.1. The van der Waals surface area contributed by atoms with Crippen LogP contribution in [0.2, 0.25) is 5.02 Å². The molecule has 0 radical (unpaired) electrons. The summed E-state index contributed by atoms with van der Waals surface area (Å²) in [4.78, 5) is 29.5. The Bertz CT molecular complexity index is 1570. The molecule has 3 aliphatic heterocycles. The summed E-state index contributed by atoms with van der Waals surface area (Å²) in [6.45, 7) is 8.73. The molecule has 0 bridgehead atoms. The van der Waals surface area contributed by atoms with E-state index in [0.717, 1.165) is 69.0 Å². The van der Waals surface area contributed by atoms with E-state index in [0.29, 0.717) is 48.0 Å². The third-order valence-corrected chi connectivity index (χ3v) is 10.5. The summed E-state index contributed by atoms with van der Waals surface area (Å²) in [5, 5.41) is 11.5. The van der Waals surface area contributed by atoms with Crippen molar-refractivity contribution in [3.05, 3.63) is 93.8 Å². The summed E-state index contributed by atoms with van der Waals surface area (Å²) >= 11 is 5.92. The fraction of sp³-hybridized carbons (Fsp3) is 0.500. The number of carbonyl (C=O) groups excluding carboxylic acids is 2. The smallest absolute Gasteiger partial charge is 0.162 e. The van der Waals surface area contributed by atoms with Crippen LogP contribution in [-0.4, -0.2) is 73.4 Å². The van der Waals surface area contributed by atoms with Gasteiger partial charge in [-0.25, -0.2) is 4.39 Å². The van der Waals surface area contributed by atoms with E-state index >= 15 is 0 Å². The first kappa shape index (κ1) is 37.0. The van der Waals surface area contributed by atoms with Crippen molar-refractivity contribution in [1.29, 1.82) is 0 Å². The van der Waals surface area contributed by atoms with Gasteiger partial charge in [0.2, 0.25) is 0 Å². The first-order valence-corrected chi connectivity index (χ1v) is 17.9. The molecule has 264 valence electrons. The Morgan fingerprint density at radius 1 is 1.00 bits per heavy atom. The molecule has 9 heteroatoms. The molecule has 49 heavy (non-hydrogen) atoms. The van der Waals surface area contributed by atoms with Crippen LogP contribution in [0.1, 0.15) is 85.5 Å². The maximum absolute atomic E-state index is 12.9. The normalized spacial score (nSPS) is 20.5. The molecular weight excluding hydrogens is 643 g/mol. The van der Waals surface area contributed by atoms with E-state index in [-0.39, 0.29) is 23.6 Å². The van der Waals surface area contributed by atoms with Crippen LogP contribution in [0, 0.1) is 17.7 Å². The van der Waals surface area contributed by atoms with Gasteiger partial charge < -0.3 is 19.5 Å². The quantitative estimate of drug-likeness (QED) is 0.219. The monoisotopic (exact) mass is 692 g/mol. The Morgan fingerprint density at radius 3 is 2.29 bits per heavy atom. The van der Waals surface area contributed by atoms with E-state index in [1.54, 1.807) is 14.2 Å². The van der Waals surface area contributed by atoms with Crippen LogP contribution < -0.4 is 9.47 Å². The number of aliphatic hydroxyl groups is 1. The summed E-state index contributed by atoms with van der Waals surface area (Å²) in [5.41, 5.74) is 3.20. The van der Waals surface area contributed by atoms with Gasteiger partial charge in [-0.15, -0.1) is 0 Å². The summed E-state index contributed by atoms with van der Waals surface area (Å²) in [6.07, 6.45) is 5.18. The number of benzene rings is 3. The molecule has 3 aromatic carbocycles. The maximum Gasteiger partial charge on any atom is 0.162 e. The molecule has 2 unspecified atom stereocenters. The second kappa shape index (κ2) is 16.6. The highest BCUT2D eigenvalue weighted by atomic mass is 35.5. The highest BCUT2D eigenvalue weighted by Gasteiger charge is 2.38. The Balaban J connectivity index is 0.000000192. The zero-order valence-electron chi connectivity index (χ0n) is 29.2. The lowest BCUT2D eigenvalue weighted by atomic mass is 9.80. The van der Waals surface area contributed by atoms with Gasteiger partial charge >= 0.3 is 0 Å². The van der Waals surface area contributed by atoms with E-state index in [4.69, 9.17) is 21.1 Å². The van der Waals surface area contributed by atoms with Crippen LogP contribution in [-0.2, 0) is 16.8 Å². The van der Waals surface area contributed by atoms with Crippen LogP contribution in [0.4, 0.5) is 4.39 Å². The number of nitrogens with zero attached hydrogens (tertiary/aromatic N) is 2. The molecule has 2 atom stereocenters. The third kappa shape index (κ3) is 9.28. The minimum atomic E-state index is -0.801. The number of ether oxygens (including phenoxy) is 2. The summed E-state index contributed by atoms with van der Waals surface area (Å²) < 4.78 is 23.8. The largest absolute Gasteiger partial charge is 0.493 e. The number of methoxy groups -OCH3 is 2. The zero-order valence-corrected chi connectivity index (χ0v) is 30.0. The van der Waals surface area contributed by atoms with E-state index in [2.05, 4.69) is 35.8 Å². The Hall–Kier alpha value is -3.30. The lowest BCUT2D eigenvalue weighted by molar-refractivity contribution is -0.129. The van der Waals surface area contributed by atoms with Crippen molar-refractivity contribution >= 4 is 23.2 Å². The van der Waals surface area contributed by atoms with E-state index in [1.165, 1.54) is 35.4 Å². The van der Waals surface area contributed by atoms with Gasteiger partial charge in [-0.1, -0.05) is 37.6 Å². The van der Waals surface area contributed by atoms with Gasteiger partial charge in [-0.3, -0.25) is 14.5 Å². The standard InChI is InChI=1S/C21H23ClFNO2.C19H27NO3/c22-18-7-5-17(6-8-18)21(26)11-14-24(15-12-21)13-1-2-20(25)16-3-9-19(23)10-4-16;1-12(2)7-14-11-20-6-5-13-8-18(22-3)19(23-4)9-15(13)16(20)10-17(14)21/h3-10,26H,1-2,11-15H2;8-9,12,14,16H,5-7,10-11H2,1-4H3. The molecule has 6 rings (SSSR count). The van der Waals surface area contributed by atoms with Crippen LogP contribution in [0.5, 0.6) is 11.5 Å². The number of carbonyl (C=O) groups is 2. The number of fused-ring (bicyclic) bond motifs is 3. The molecule has 0 amide bonds. The van der Waals surface area contributed by atoms with Crippen LogP contribution in [0.3, 0.4) is 0 Å². The average Bonchev–Trinajstić information content (AvgIpc) is 3.09. The van der Waals surface area contributed by atoms with E-state index in [1.807, 2.05) is 24.3 Å². The summed E-state index contributed by atoms with van der Waals surface area (Å²) in [5.74, 6) is 2.43. The van der Waals surface area contributed by atoms with Gasteiger partial charge in [-0.05, 0) is 110 Å². The van der Waals surface area contributed by atoms with Crippen LogP contribution in [0.15, 0.2) is 60.7 Å². The number of rotatable bonds is 10. The number of piperidine rings is 2. The molecule has 2 saturated heterocycles. The first-order chi connectivity index (χ1) is 23.5. The van der Waals surface area contributed by atoms with Crippen molar-refractivity contribution in [2.75, 3.05) is 46.9 Å². The molecule has 0 spiro atoms. The minimum absolute atomic E-state index is 0.0414. The van der Waals surface area contributed by atoms with Gasteiger partial charge in [0, 0.05) is 61.6 Å². The molecule has 1 N–H and O–H groups in total. The van der Waals surface area contributed by atoms with E-state index < -0.39 is 5.60 Å². The number of Topliss-reactive ketones (excluding diaryl/α,β-unsaturated/α-hetero) is 2. The molecule has 3 aliphatic rings. The molecule has 0 aliphatic carbocycles. The number of hydrogen-bond donors (Lipinski definition) is 1. The molecule has 0 saturated carbocycles. The van der Waals surface area contributed by atoms with Crippen molar-refractivity contribution in [1.82, 2.24) is 9.80 Å². The Labute approximate surface area is 295 Å². The van der Waals surface area contributed by atoms with Crippen molar-refractivity contribution in [3.63, 3.8) is 0 Å². The van der Waals surface area contributed by atoms with Crippen molar-refractivity contribution in [2.45, 2.75) is 70.4 Å². The Kier molecular flexibility index (Phi) is 12.5. The van der Waals surface area contributed by atoms with Gasteiger partial charge in [-0.2, -0.15) is 0 Å². The lowest BCUT2D eigenvalue weighted by Gasteiger charge is -2.43. The predicted molar refractivity (Wildman–Crippen MR) is 191 cm³/mol. The lowest BCUT2D eigenvalue weighted by Crippen LogP contribution is -2.46. The summed E-state index contributed by atoms with van der Waals surface area (Å²) in [7, 11) is 3.33. The third-order valence-electron chi connectivity index (χ3n) is 10.3. The fourth-order valence-electron chi connectivity index (χ4n) is 7.49. The fourth-order valence-corrected chi connectivity index (χ4v) is 7.62. The molecule has 2 fully saturated rings. The van der Waals surface area contributed by atoms with Gasteiger partial charge in [0.15, 0.2) is 17.3 Å². The first-order valence-electron chi connectivity index (χ1n) is 17.5. The molecule has 3 heterocycles.